The van der Waals surface area contributed by atoms with Gasteiger partial charge in [0.1, 0.15) is 0 Å². The largest absolute Gasteiger partial charge is 0.322 e. The van der Waals surface area contributed by atoms with Crippen molar-refractivity contribution in [1.82, 2.24) is 9.78 Å². The Morgan fingerprint density at radius 3 is 2.68 bits per heavy atom. The van der Waals surface area contributed by atoms with Gasteiger partial charge in [-0.1, -0.05) is 19.1 Å². The average Bonchev–Trinajstić information content (AvgIpc) is 2.63. The van der Waals surface area contributed by atoms with Crippen molar-refractivity contribution in [3.63, 3.8) is 0 Å². The molecule has 4 heteroatoms. The van der Waals surface area contributed by atoms with Crippen LogP contribution in [-0.4, -0.2) is 15.7 Å². The molecule has 1 aromatic carbocycles. The highest BCUT2D eigenvalue weighted by Crippen LogP contribution is 2.16. The van der Waals surface area contributed by atoms with Gasteiger partial charge in [0.05, 0.1) is 11.3 Å². The van der Waals surface area contributed by atoms with Crippen molar-refractivity contribution in [1.29, 1.82) is 0 Å². The Morgan fingerprint density at radius 2 is 2.11 bits per heavy atom. The van der Waals surface area contributed by atoms with Crippen LogP contribution in [0.25, 0.3) is 0 Å². The van der Waals surface area contributed by atoms with E-state index < -0.39 is 0 Å². The van der Waals surface area contributed by atoms with Crippen molar-refractivity contribution in [3.05, 3.63) is 46.8 Å². The van der Waals surface area contributed by atoms with Crippen LogP contribution in [0.1, 0.15) is 34.2 Å². The SMILES string of the molecule is CCc1cccc(NC(=O)c2c(C)nn(C)c2C)c1. The quantitative estimate of drug-likeness (QED) is 0.919. The summed E-state index contributed by atoms with van der Waals surface area (Å²) in [5, 5.41) is 7.20. The minimum atomic E-state index is -0.101. The van der Waals surface area contributed by atoms with Crippen LogP contribution >= 0.6 is 0 Å². The number of benzene rings is 1. The summed E-state index contributed by atoms with van der Waals surface area (Å²) in [6.45, 7) is 5.85. The number of rotatable bonds is 3. The van der Waals surface area contributed by atoms with Crippen LogP contribution in [0.15, 0.2) is 24.3 Å². The fraction of sp³-hybridized carbons (Fsp3) is 0.333. The molecule has 0 saturated carbocycles. The summed E-state index contributed by atoms with van der Waals surface area (Å²) in [4.78, 5) is 12.3. The highest BCUT2D eigenvalue weighted by atomic mass is 16.1. The second-order valence-corrected chi connectivity index (χ2v) is 4.68. The Balaban J connectivity index is 2.25. The molecule has 0 aliphatic heterocycles. The van der Waals surface area contributed by atoms with E-state index in [9.17, 15) is 4.79 Å². The number of hydrogen-bond donors (Lipinski definition) is 1. The molecule has 0 fully saturated rings. The first kappa shape index (κ1) is 13.3. The number of anilines is 1. The van der Waals surface area contributed by atoms with Crippen LogP contribution in [0.2, 0.25) is 0 Å². The highest BCUT2D eigenvalue weighted by molar-refractivity contribution is 6.05. The molecule has 0 aliphatic carbocycles. The van der Waals surface area contributed by atoms with Gasteiger partial charge in [-0.25, -0.2) is 0 Å². The first-order chi connectivity index (χ1) is 9.02. The van der Waals surface area contributed by atoms with Crippen molar-refractivity contribution >= 4 is 11.6 Å². The van der Waals surface area contributed by atoms with E-state index in [1.54, 1.807) is 4.68 Å². The minimum absolute atomic E-state index is 0.101. The topological polar surface area (TPSA) is 46.9 Å². The van der Waals surface area contributed by atoms with Crippen molar-refractivity contribution in [2.24, 2.45) is 7.05 Å². The molecule has 4 nitrogen and oxygen atoms in total. The van der Waals surface area contributed by atoms with Gasteiger partial charge in [-0.15, -0.1) is 0 Å². The second-order valence-electron chi connectivity index (χ2n) is 4.68. The Hall–Kier alpha value is -2.10. The van der Waals surface area contributed by atoms with Crippen LogP contribution < -0.4 is 5.32 Å². The molecular formula is C15H19N3O. The number of carbonyl (C=O) groups is 1. The molecular weight excluding hydrogens is 238 g/mol. The molecule has 1 N–H and O–H groups in total. The second kappa shape index (κ2) is 5.26. The van der Waals surface area contributed by atoms with Crippen molar-refractivity contribution in [3.8, 4) is 0 Å². The molecule has 0 saturated heterocycles. The van der Waals surface area contributed by atoms with Gasteiger partial charge in [0.25, 0.3) is 5.91 Å². The normalized spacial score (nSPS) is 10.5. The number of carbonyl (C=O) groups excluding carboxylic acids is 1. The van der Waals surface area contributed by atoms with E-state index in [1.807, 2.05) is 39.1 Å². The lowest BCUT2D eigenvalue weighted by Crippen LogP contribution is -2.14. The number of aryl methyl sites for hydroxylation is 3. The molecule has 0 spiro atoms. The number of amides is 1. The molecule has 0 radical (unpaired) electrons. The van der Waals surface area contributed by atoms with Gasteiger partial charge >= 0.3 is 0 Å². The van der Waals surface area contributed by atoms with Crippen LogP contribution in [-0.2, 0) is 13.5 Å². The molecule has 19 heavy (non-hydrogen) atoms. The van der Waals surface area contributed by atoms with Gasteiger partial charge in [-0.3, -0.25) is 9.48 Å². The zero-order valence-corrected chi connectivity index (χ0v) is 11.8. The van der Waals surface area contributed by atoms with E-state index in [1.165, 1.54) is 5.56 Å². The third-order valence-electron chi connectivity index (χ3n) is 3.33. The fourth-order valence-electron chi connectivity index (χ4n) is 2.16. The van der Waals surface area contributed by atoms with Gasteiger partial charge in [-0.05, 0) is 38.0 Å². The third kappa shape index (κ3) is 2.67. The highest BCUT2D eigenvalue weighted by Gasteiger charge is 2.17. The molecule has 2 aromatic rings. The third-order valence-corrected chi connectivity index (χ3v) is 3.33. The molecule has 1 heterocycles. The van der Waals surface area contributed by atoms with Crippen LogP contribution in [0, 0.1) is 13.8 Å². The van der Waals surface area contributed by atoms with Crippen LogP contribution in [0.5, 0.6) is 0 Å². The van der Waals surface area contributed by atoms with E-state index >= 15 is 0 Å². The number of nitrogens with one attached hydrogen (secondary N) is 1. The monoisotopic (exact) mass is 257 g/mol. The summed E-state index contributed by atoms with van der Waals surface area (Å²) in [6, 6.07) is 7.91. The average molecular weight is 257 g/mol. The number of hydrogen-bond acceptors (Lipinski definition) is 2. The van der Waals surface area contributed by atoms with Gasteiger partial charge in [0.2, 0.25) is 0 Å². The zero-order valence-electron chi connectivity index (χ0n) is 11.8. The summed E-state index contributed by atoms with van der Waals surface area (Å²) >= 11 is 0. The lowest BCUT2D eigenvalue weighted by molar-refractivity contribution is 0.102. The predicted octanol–water partition coefficient (Wildman–Crippen LogP) is 2.85. The lowest BCUT2D eigenvalue weighted by Gasteiger charge is -2.07. The Kier molecular flexibility index (Phi) is 3.69. The van der Waals surface area contributed by atoms with Gasteiger partial charge in [0, 0.05) is 18.4 Å². The van der Waals surface area contributed by atoms with E-state index in [0.29, 0.717) is 5.56 Å². The molecule has 0 unspecified atom stereocenters. The zero-order chi connectivity index (χ0) is 14.0. The number of aromatic nitrogens is 2. The summed E-state index contributed by atoms with van der Waals surface area (Å²) in [6.07, 6.45) is 0.953. The Labute approximate surface area is 113 Å². The van der Waals surface area contributed by atoms with Crippen LogP contribution in [0.4, 0.5) is 5.69 Å². The molecule has 0 bridgehead atoms. The Morgan fingerprint density at radius 1 is 1.37 bits per heavy atom. The van der Waals surface area contributed by atoms with Gasteiger partial charge in [-0.2, -0.15) is 5.10 Å². The lowest BCUT2D eigenvalue weighted by atomic mass is 10.1. The first-order valence-electron chi connectivity index (χ1n) is 6.43. The summed E-state index contributed by atoms with van der Waals surface area (Å²) < 4.78 is 1.73. The minimum Gasteiger partial charge on any atom is -0.322 e. The molecule has 2 rings (SSSR count). The smallest absolute Gasteiger partial charge is 0.259 e. The standard InChI is InChI=1S/C15H19N3O/c1-5-12-7-6-8-13(9-12)16-15(19)14-10(2)17-18(4)11(14)3/h6-9H,5H2,1-4H3,(H,16,19). The molecule has 1 amide bonds. The molecule has 0 aliphatic rings. The van der Waals surface area contributed by atoms with E-state index in [-0.39, 0.29) is 5.91 Å². The predicted molar refractivity (Wildman–Crippen MR) is 76.5 cm³/mol. The van der Waals surface area contributed by atoms with Crippen molar-refractivity contribution < 1.29 is 4.79 Å². The first-order valence-corrected chi connectivity index (χ1v) is 6.43. The summed E-state index contributed by atoms with van der Waals surface area (Å²) in [7, 11) is 1.84. The van der Waals surface area contributed by atoms with E-state index in [2.05, 4.69) is 23.4 Å². The summed E-state index contributed by atoms with van der Waals surface area (Å²) in [5.74, 6) is -0.101. The van der Waals surface area contributed by atoms with E-state index in [4.69, 9.17) is 0 Å². The maximum atomic E-state index is 12.3. The maximum Gasteiger partial charge on any atom is 0.259 e. The van der Waals surface area contributed by atoms with E-state index in [0.717, 1.165) is 23.5 Å². The summed E-state index contributed by atoms with van der Waals surface area (Å²) in [5.41, 5.74) is 4.32. The Bertz CT molecular complexity index is 614. The van der Waals surface area contributed by atoms with Gasteiger partial charge < -0.3 is 5.32 Å². The molecule has 0 atom stereocenters. The van der Waals surface area contributed by atoms with Gasteiger partial charge in [0.15, 0.2) is 0 Å². The maximum absolute atomic E-state index is 12.3. The molecule has 100 valence electrons. The molecule has 1 aromatic heterocycles. The van der Waals surface area contributed by atoms with Crippen LogP contribution in [0.3, 0.4) is 0 Å². The van der Waals surface area contributed by atoms with Crippen molar-refractivity contribution in [2.75, 3.05) is 5.32 Å². The van der Waals surface area contributed by atoms with Crippen molar-refractivity contribution in [2.45, 2.75) is 27.2 Å². The fourth-order valence-corrected chi connectivity index (χ4v) is 2.16. The number of nitrogens with zero attached hydrogens (tertiary/aromatic N) is 2.